The Morgan fingerprint density at radius 3 is 2.45 bits per heavy atom. The summed E-state index contributed by atoms with van der Waals surface area (Å²) in [5.74, 6) is -1.36. The summed E-state index contributed by atoms with van der Waals surface area (Å²) >= 11 is 0. The Hall–Kier alpha value is -1.89. The van der Waals surface area contributed by atoms with Crippen LogP contribution in [-0.2, 0) is 13.2 Å². The van der Waals surface area contributed by atoms with Crippen LogP contribution in [0.4, 0.5) is 17.6 Å². The van der Waals surface area contributed by atoms with Crippen LogP contribution < -0.4 is 0 Å². The van der Waals surface area contributed by atoms with E-state index in [-0.39, 0.29) is 5.56 Å². The molecule has 108 valence electrons. The molecule has 0 radical (unpaired) electrons. The summed E-state index contributed by atoms with van der Waals surface area (Å²) in [5.41, 5.74) is -0.546. The lowest BCUT2D eigenvalue weighted by atomic mass is 10.00. The van der Waals surface area contributed by atoms with Gasteiger partial charge in [0.15, 0.2) is 0 Å². The fourth-order valence-corrected chi connectivity index (χ4v) is 2.00. The molecule has 1 atom stereocenters. The molecule has 3 nitrogen and oxygen atoms in total. The lowest BCUT2D eigenvalue weighted by Gasteiger charge is -2.14. The Labute approximate surface area is 112 Å². The molecule has 0 bridgehead atoms. The smallest absolute Gasteiger partial charge is 0.384 e. The Morgan fingerprint density at radius 1 is 1.30 bits per heavy atom. The fourth-order valence-electron chi connectivity index (χ4n) is 2.00. The average molecular weight is 288 g/mol. The summed E-state index contributed by atoms with van der Waals surface area (Å²) in [7, 11) is 1.63. The predicted molar refractivity (Wildman–Crippen MR) is 63.4 cm³/mol. The number of hydrogen-bond acceptors (Lipinski definition) is 2. The standard InChI is InChI=1S/C13H12F4N2O/c1-7-9(6-19(2)18-7)12(20)8-3-4-11(14)10(5-8)13(15,16)17/h3-6,12,20H,1-2H3. The molecule has 0 aliphatic heterocycles. The highest BCUT2D eigenvalue weighted by atomic mass is 19.4. The van der Waals surface area contributed by atoms with Gasteiger partial charge in [0.05, 0.1) is 11.3 Å². The summed E-state index contributed by atoms with van der Waals surface area (Å²) in [5, 5.41) is 14.1. The lowest BCUT2D eigenvalue weighted by Crippen LogP contribution is -2.10. The van der Waals surface area contributed by atoms with Crippen molar-refractivity contribution in [1.82, 2.24) is 9.78 Å². The van der Waals surface area contributed by atoms with Crippen LogP contribution in [0.2, 0.25) is 0 Å². The van der Waals surface area contributed by atoms with E-state index in [0.29, 0.717) is 23.4 Å². The molecule has 0 aliphatic carbocycles. The molecule has 1 aromatic heterocycles. The van der Waals surface area contributed by atoms with Gasteiger partial charge in [-0.25, -0.2) is 4.39 Å². The van der Waals surface area contributed by atoms with Crippen LogP contribution in [0.3, 0.4) is 0 Å². The molecule has 7 heteroatoms. The number of rotatable bonds is 2. The molecule has 2 rings (SSSR count). The second-order valence-electron chi connectivity index (χ2n) is 4.48. The monoisotopic (exact) mass is 288 g/mol. The van der Waals surface area contributed by atoms with Gasteiger partial charge in [0.25, 0.3) is 0 Å². The van der Waals surface area contributed by atoms with Crippen molar-refractivity contribution in [2.75, 3.05) is 0 Å². The van der Waals surface area contributed by atoms with Crippen LogP contribution in [0.5, 0.6) is 0 Å². The van der Waals surface area contributed by atoms with E-state index in [1.807, 2.05) is 0 Å². The second-order valence-corrected chi connectivity index (χ2v) is 4.48. The van der Waals surface area contributed by atoms with Gasteiger partial charge in [-0.05, 0) is 24.6 Å². The van der Waals surface area contributed by atoms with E-state index in [2.05, 4.69) is 5.10 Å². The maximum Gasteiger partial charge on any atom is 0.419 e. The second kappa shape index (κ2) is 4.90. The molecule has 0 fully saturated rings. The van der Waals surface area contributed by atoms with Crippen molar-refractivity contribution in [3.63, 3.8) is 0 Å². The minimum absolute atomic E-state index is 0.0326. The normalized spacial score (nSPS) is 13.6. The number of halogens is 4. The summed E-state index contributed by atoms with van der Waals surface area (Å²) in [4.78, 5) is 0. The summed E-state index contributed by atoms with van der Waals surface area (Å²) in [6.07, 6.45) is -4.58. The maximum absolute atomic E-state index is 13.2. The van der Waals surface area contributed by atoms with E-state index in [1.165, 1.54) is 10.9 Å². The van der Waals surface area contributed by atoms with Crippen LogP contribution in [0.25, 0.3) is 0 Å². The van der Waals surface area contributed by atoms with Crippen LogP contribution in [0, 0.1) is 12.7 Å². The first-order chi connectivity index (χ1) is 9.20. The van der Waals surface area contributed by atoms with E-state index in [9.17, 15) is 22.7 Å². The van der Waals surface area contributed by atoms with Crippen LogP contribution >= 0.6 is 0 Å². The number of benzene rings is 1. The SMILES string of the molecule is Cc1nn(C)cc1C(O)c1ccc(F)c(C(F)(F)F)c1. The van der Waals surface area contributed by atoms with Gasteiger partial charge in [0, 0.05) is 18.8 Å². The minimum Gasteiger partial charge on any atom is -0.384 e. The van der Waals surface area contributed by atoms with Crippen molar-refractivity contribution in [3.05, 3.63) is 52.6 Å². The van der Waals surface area contributed by atoms with E-state index in [4.69, 9.17) is 0 Å². The first kappa shape index (κ1) is 14.5. The number of aryl methyl sites for hydroxylation is 2. The molecule has 1 N–H and O–H groups in total. The first-order valence-corrected chi connectivity index (χ1v) is 5.75. The zero-order valence-corrected chi connectivity index (χ0v) is 10.7. The van der Waals surface area contributed by atoms with Gasteiger partial charge in [0.1, 0.15) is 11.9 Å². The van der Waals surface area contributed by atoms with Crippen LogP contribution in [-0.4, -0.2) is 14.9 Å². The number of hydrogen-bond donors (Lipinski definition) is 1. The maximum atomic E-state index is 13.2. The van der Waals surface area contributed by atoms with Gasteiger partial charge in [-0.2, -0.15) is 18.3 Å². The van der Waals surface area contributed by atoms with Crippen LogP contribution in [0.1, 0.15) is 28.5 Å². The van der Waals surface area contributed by atoms with Gasteiger partial charge in [0.2, 0.25) is 0 Å². The molecule has 0 amide bonds. The van der Waals surface area contributed by atoms with Gasteiger partial charge in [-0.3, -0.25) is 4.68 Å². The summed E-state index contributed by atoms with van der Waals surface area (Å²) in [6.45, 7) is 1.63. The third-order valence-electron chi connectivity index (χ3n) is 2.96. The molecule has 1 heterocycles. The fraction of sp³-hybridized carbons (Fsp3) is 0.308. The van der Waals surface area contributed by atoms with Crippen molar-refractivity contribution in [3.8, 4) is 0 Å². The first-order valence-electron chi connectivity index (χ1n) is 5.75. The summed E-state index contributed by atoms with van der Waals surface area (Å²) in [6, 6.07) is 2.45. The number of alkyl halides is 3. The van der Waals surface area contributed by atoms with E-state index in [1.54, 1.807) is 14.0 Å². The third kappa shape index (κ3) is 2.67. The highest BCUT2D eigenvalue weighted by Gasteiger charge is 2.34. The van der Waals surface area contributed by atoms with Crippen molar-refractivity contribution in [2.24, 2.45) is 7.05 Å². The third-order valence-corrected chi connectivity index (χ3v) is 2.96. The Morgan fingerprint density at radius 2 is 1.95 bits per heavy atom. The molecule has 0 saturated heterocycles. The highest BCUT2D eigenvalue weighted by molar-refractivity contribution is 5.35. The van der Waals surface area contributed by atoms with Crippen molar-refractivity contribution < 1.29 is 22.7 Å². The number of nitrogens with zero attached hydrogens (tertiary/aromatic N) is 2. The average Bonchev–Trinajstić information content (AvgIpc) is 2.66. The predicted octanol–water partition coefficient (Wildman–Crippen LogP) is 2.97. The minimum atomic E-state index is -4.80. The molecule has 1 unspecified atom stereocenters. The zero-order chi connectivity index (χ0) is 15.1. The Balaban J connectivity index is 2.46. The molecule has 20 heavy (non-hydrogen) atoms. The lowest BCUT2D eigenvalue weighted by molar-refractivity contribution is -0.140. The molecule has 1 aromatic carbocycles. The Kier molecular flexibility index (Phi) is 3.56. The molecule has 0 saturated carbocycles. The highest BCUT2D eigenvalue weighted by Crippen LogP contribution is 2.34. The number of aliphatic hydroxyl groups excluding tert-OH is 1. The molecule has 0 aliphatic rings. The number of aromatic nitrogens is 2. The Bertz CT molecular complexity index is 634. The molecule has 0 spiro atoms. The van der Waals surface area contributed by atoms with Gasteiger partial charge in [-0.15, -0.1) is 0 Å². The topological polar surface area (TPSA) is 38.0 Å². The van der Waals surface area contributed by atoms with Gasteiger partial charge >= 0.3 is 6.18 Å². The van der Waals surface area contributed by atoms with E-state index in [0.717, 1.165) is 6.07 Å². The van der Waals surface area contributed by atoms with E-state index < -0.39 is 23.7 Å². The van der Waals surface area contributed by atoms with Crippen LogP contribution in [0.15, 0.2) is 24.4 Å². The number of aliphatic hydroxyl groups is 1. The molecular weight excluding hydrogens is 276 g/mol. The quantitative estimate of drug-likeness (QED) is 0.863. The van der Waals surface area contributed by atoms with Gasteiger partial charge in [-0.1, -0.05) is 6.07 Å². The van der Waals surface area contributed by atoms with Crippen molar-refractivity contribution in [2.45, 2.75) is 19.2 Å². The molecular formula is C13H12F4N2O. The van der Waals surface area contributed by atoms with Crippen molar-refractivity contribution in [1.29, 1.82) is 0 Å². The molecule has 2 aromatic rings. The zero-order valence-electron chi connectivity index (χ0n) is 10.7. The largest absolute Gasteiger partial charge is 0.419 e. The van der Waals surface area contributed by atoms with Gasteiger partial charge < -0.3 is 5.11 Å². The van der Waals surface area contributed by atoms with E-state index >= 15 is 0 Å². The van der Waals surface area contributed by atoms with Crippen molar-refractivity contribution >= 4 is 0 Å². The summed E-state index contributed by atoms with van der Waals surface area (Å²) < 4.78 is 52.6.